The van der Waals surface area contributed by atoms with Crippen molar-refractivity contribution in [3.8, 4) is 5.75 Å². The van der Waals surface area contributed by atoms with Gasteiger partial charge in [0.15, 0.2) is 5.11 Å². The van der Waals surface area contributed by atoms with Crippen LogP contribution in [0.1, 0.15) is 0 Å². The molecule has 2 aromatic rings. The zero-order valence-corrected chi connectivity index (χ0v) is 14.1. The van der Waals surface area contributed by atoms with Gasteiger partial charge in [-0.05, 0) is 60.7 Å². The highest BCUT2D eigenvalue weighted by atomic mass is 35.5. The van der Waals surface area contributed by atoms with Crippen LogP contribution in [0.2, 0.25) is 5.02 Å². The minimum absolute atomic E-state index is 0.292. The molecule has 0 saturated carbocycles. The Kier molecular flexibility index (Phi) is 4.88. The number of hydrogen-bond acceptors (Lipinski definition) is 3. The van der Waals surface area contributed by atoms with Gasteiger partial charge >= 0.3 is 0 Å². The molecule has 1 aliphatic rings. The van der Waals surface area contributed by atoms with Crippen LogP contribution in [-0.4, -0.2) is 41.3 Å². The summed E-state index contributed by atoms with van der Waals surface area (Å²) < 4.78 is 0. The second-order valence-electron chi connectivity index (χ2n) is 5.43. The minimum atomic E-state index is 0.292. The maximum absolute atomic E-state index is 9.37. The lowest BCUT2D eigenvalue weighted by atomic mass is 10.2. The first kappa shape index (κ1) is 15.9. The van der Waals surface area contributed by atoms with Gasteiger partial charge in [-0.3, -0.25) is 0 Å². The second-order valence-corrected chi connectivity index (χ2v) is 6.25. The van der Waals surface area contributed by atoms with Gasteiger partial charge in [0.2, 0.25) is 0 Å². The van der Waals surface area contributed by atoms with Gasteiger partial charge in [-0.15, -0.1) is 0 Å². The molecule has 3 rings (SSSR count). The van der Waals surface area contributed by atoms with E-state index in [-0.39, 0.29) is 0 Å². The SMILES string of the molecule is Oc1ccc(N2CCN(C(=S)Nc3ccc(Cl)cc3)CC2)cc1. The van der Waals surface area contributed by atoms with Crippen molar-refractivity contribution in [2.24, 2.45) is 0 Å². The van der Waals surface area contributed by atoms with Crippen molar-refractivity contribution in [3.05, 3.63) is 53.6 Å². The molecule has 1 saturated heterocycles. The Hall–Kier alpha value is -1.98. The van der Waals surface area contributed by atoms with Crippen LogP contribution in [0, 0.1) is 0 Å². The Morgan fingerprint density at radius 1 is 0.957 bits per heavy atom. The number of thiocarbonyl (C=S) groups is 1. The smallest absolute Gasteiger partial charge is 0.173 e. The number of piperazine rings is 1. The largest absolute Gasteiger partial charge is 0.508 e. The first-order valence-electron chi connectivity index (χ1n) is 7.47. The molecule has 0 amide bonds. The van der Waals surface area contributed by atoms with E-state index in [9.17, 15) is 5.11 Å². The molecule has 2 N–H and O–H groups in total. The first-order chi connectivity index (χ1) is 11.1. The molecule has 120 valence electrons. The van der Waals surface area contributed by atoms with Crippen LogP contribution in [0.25, 0.3) is 0 Å². The molecule has 2 aromatic carbocycles. The Labute approximate surface area is 146 Å². The summed E-state index contributed by atoms with van der Waals surface area (Å²) >= 11 is 11.4. The van der Waals surface area contributed by atoms with Gasteiger partial charge in [0.05, 0.1) is 0 Å². The van der Waals surface area contributed by atoms with E-state index in [1.807, 2.05) is 36.4 Å². The van der Waals surface area contributed by atoms with E-state index < -0.39 is 0 Å². The van der Waals surface area contributed by atoms with Crippen molar-refractivity contribution < 1.29 is 5.11 Å². The van der Waals surface area contributed by atoms with E-state index in [1.54, 1.807) is 12.1 Å². The molecular weight excluding hydrogens is 330 g/mol. The molecule has 4 nitrogen and oxygen atoms in total. The number of nitrogens with zero attached hydrogens (tertiary/aromatic N) is 2. The molecule has 0 aromatic heterocycles. The van der Waals surface area contributed by atoms with E-state index in [1.165, 1.54) is 0 Å². The first-order valence-corrected chi connectivity index (χ1v) is 8.26. The highest BCUT2D eigenvalue weighted by molar-refractivity contribution is 7.80. The van der Waals surface area contributed by atoms with E-state index >= 15 is 0 Å². The van der Waals surface area contributed by atoms with Crippen LogP contribution in [0.3, 0.4) is 0 Å². The van der Waals surface area contributed by atoms with Crippen molar-refractivity contribution in [1.29, 1.82) is 0 Å². The standard InChI is InChI=1S/C17H18ClN3OS/c18-13-1-3-14(4-2-13)19-17(23)21-11-9-20(10-12-21)15-5-7-16(22)8-6-15/h1-8,22H,9-12H2,(H,19,23). The molecule has 0 atom stereocenters. The fourth-order valence-electron chi connectivity index (χ4n) is 2.57. The van der Waals surface area contributed by atoms with Gasteiger partial charge in [0.25, 0.3) is 0 Å². The summed E-state index contributed by atoms with van der Waals surface area (Å²) in [6.45, 7) is 3.51. The van der Waals surface area contributed by atoms with Gasteiger partial charge in [-0.1, -0.05) is 11.6 Å². The lowest BCUT2D eigenvalue weighted by molar-refractivity contribution is 0.391. The third-order valence-corrected chi connectivity index (χ3v) is 4.49. The zero-order chi connectivity index (χ0) is 16.2. The summed E-state index contributed by atoms with van der Waals surface area (Å²) in [5.74, 6) is 0.292. The summed E-state index contributed by atoms with van der Waals surface area (Å²) in [4.78, 5) is 4.46. The van der Waals surface area contributed by atoms with Gasteiger partial charge in [-0.25, -0.2) is 0 Å². The third kappa shape index (κ3) is 4.06. The van der Waals surface area contributed by atoms with Crippen LogP contribution in [0.4, 0.5) is 11.4 Å². The molecule has 1 heterocycles. The van der Waals surface area contributed by atoms with E-state index in [2.05, 4.69) is 15.1 Å². The number of aromatic hydroxyl groups is 1. The van der Waals surface area contributed by atoms with Crippen molar-refractivity contribution in [2.75, 3.05) is 36.4 Å². The Morgan fingerprint density at radius 2 is 1.57 bits per heavy atom. The molecule has 1 aliphatic heterocycles. The Balaban J connectivity index is 1.54. The maximum atomic E-state index is 9.37. The van der Waals surface area contributed by atoms with Crippen LogP contribution in [-0.2, 0) is 0 Å². The van der Waals surface area contributed by atoms with Crippen LogP contribution >= 0.6 is 23.8 Å². The number of phenolic OH excluding ortho intramolecular Hbond substituents is 1. The molecule has 1 fully saturated rings. The van der Waals surface area contributed by atoms with Gasteiger partial charge < -0.3 is 20.2 Å². The van der Waals surface area contributed by atoms with Crippen molar-refractivity contribution in [1.82, 2.24) is 4.90 Å². The molecule has 6 heteroatoms. The number of phenols is 1. The maximum Gasteiger partial charge on any atom is 0.173 e. The lowest BCUT2D eigenvalue weighted by Gasteiger charge is -2.37. The lowest BCUT2D eigenvalue weighted by Crippen LogP contribution is -2.50. The number of anilines is 2. The molecule has 0 bridgehead atoms. The second kappa shape index (κ2) is 7.06. The van der Waals surface area contributed by atoms with Crippen LogP contribution < -0.4 is 10.2 Å². The van der Waals surface area contributed by atoms with E-state index in [4.69, 9.17) is 23.8 Å². The molecule has 0 spiro atoms. The fourth-order valence-corrected chi connectivity index (χ4v) is 2.99. The summed E-state index contributed by atoms with van der Waals surface area (Å²) in [6.07, 6.45) is 0. The summed E-state index contributed by atoms with van der Waals surface area (Å²) in [6, 6.07) is 14.8. The predicted molar refractivity (Wildman–Crippen MR) is 99.6 cm³/mol. The molecule has 23 heavy (non-hydrogen) atoms. The summed E-state index contributed by atoms with van der Waals surface area (Å²) in [7, 11) is 0. The topological polar surface area (TPSA) is 38.7 Å². The minimum Gasteiger partial charge on any atom is -0.508 e. The van der Waals surface area contributed by atoms with Gasteiger partial charge in [-0.2, -0.15) is 0 Å². The number of benzene rings is 2. The summed E-state index contributed by atoms with van der Waals surface area (Å²) in [5.41, 5.74) is 2.07. The quantitative estimate of drug-likeness (QED) is 0.813. The normalized spacial score (nSPS) is 14.7. The average Bonchev–Trinajstić information content (AvgIpc) is 2.58. The fraction of sp³-hybridized carbons (Fsp3) is 0.235. The Morgan fingerprint density at radius 3 is 2.17 bits per heavy atom. The average molecular weight is 348 g/mol. The Bertz CT molecular complexity index is 667. The molecular formula is C17H18ClN3OS. The highest BCUT2D eigenvalue weighted by Crippen LogP contribution is 2.20. The number of nitrogens with one attached hydrogen (secondary N) is 1. The van der Waals surface area contributed by atoms with Gasteiger partial charge in [0.1, 0.15) is 5.75 Å². The van der Waals surface area contributed by atoms with Crippen molar-refractivity contribution >= 4 is 40.3 Å². The van der Waals surface area contributed by atoms with Crippen molar-refractivity contribution in [3.63, 3.8) is 0 Å². The van der Waals surface area contributed by atoms with E-state index in [0.717, 1.165) is 42.7 Å². The highest BCUT2D eigenvalue weighted by Gasteiger charge is 2.19. The number of hydrogen-bond donors (Lipinski definition) is 2. The zero-order valence-electron chi connectivity index (χ0n) is 12.6. The molecule has 0 unspecified atom stereocenters. The summed E-state index contributed by atoms with van der Waals surface area (Å²) in [5, 5.41) is 14.1. The van der Waals surface area contributed by atoms with E-state index in [0.29, 0.717) is 10.8 Å². The van der Waals surface area contributed by atoms with Crippen LogP contribution in [0.15, 0.2) is 48.5 Å². The monoisotopic (exact) mass is 347 g/mol. The van der Waals surface area contributed by atoms with Crippen LogP contribution in [0.5, 0.6) is 5.75 Å². The number of halogens is 1. The third-order valence-electron chi connectivity index (χ3n) is 3.88. The molecule has 0 aliphatic carbocycles. The number of rotatable bonds is 2. The van der Waals surface area contributed by atoms with Crippen molar-refractivity contribution in [2.45, 2.75) is 0 Å². The van der Waals surface area contributed by atoms with Gasteiger partial charge in [0, 0.05) is 42.6 Å². The predicted octanol–water partition coefficient (Wildman–Crippen LogP) is 3.56. The molecule has 0 radical (unpaired) electrons.